The van der Waals surface area contributed by atoms with E-state index in [4.69, 9.17) is 0 Å². The molecule has 1 aromatic heterocycles. The Hall–Kier alpha value is -0.870. The molecular weight excluding hydrogens is 258 g/mol. The van der Waals surface area contributed by atoms with Gasteiger partial charge in [-0.3, -0.25) is 4.79 Å². The highest BCUT2D eigenvalue weighted by atomic mass is 32.1. The predicted molar refractivity (Wildman–Crippen MR) is 78.8 cm³/mol. The summed E-state index contributed by atoms with van der Waals surface area (Å²) >= 11 is 1.57. The first-order valence-electron chi connectivity index (χ1n) is 7.20. The molecule has 106 valence electrons. The quantitative estimate of drug-likeness (QED) is 0.837. The second kappa shape index (κ2) is 6.53. The molecule has 0 spiro atoms. The van der Waals surface area contributed by atoms with Crippen LogP contribution in [-0.2, 0) is 6.42 Å². The Kier molecular flexibility index (Phi) is 4.99. The van der Waals surface area contributed by atoms with Crippen LogP contribution in [0.15, 0.2) is 6.07 Å². The molecule has 1 aliphatic rings. The van der Waals surface area contributed by atoms with Gasteiger partial charge in [-0.15, -0.1) is 11.3 Å². The van der Waals surface area contributed by atoms with E-state index in [0.717, 1.165) is 43.4 Å². The van der Waals surface area contributed by atoms with Crippen LogP contribution in [0.4, 0.5) is 0 Å². The SMILES string of the molecule is CCc1sc(C(=O)NC2CCCCCC2O)cc1C. The Balaban J connectivity index is 2.02. The molecule has 1 aromatic rings. The van der Waals surface area contributed by atoms with Gasteiger partial charge in [-0.2, -0.15) is 0 Å². The molecular formula is C15H23NO2S. The van der Waals surface area contributed by atoms with Crippen molar-refractivity contribution in [3.63, 3.8) is 0 Å². The summed E-state index contributed by atoms with van der Waals surface area (Å²) in [6.45, 7) is 4.15. The molecule has 3 nitrogen and oxygen atoms in total. The molecule has 1 heterocycles. The largest absolute Gasteiger partial charge is 0.391 e. The Labute approximate surface area is 119 Å². The Bertz CT molecular complexity index is 441. The summed E-state index contributed by atoms with van der Waals surface area (Å²) in [6, 6.07) is 1.88. The minimum atomic E-state index is -0.391. The van der Waals surface area contributed by atoms with Gasteiger partial charge in [0, 0.05) is 4.88 Å². The summed E-state index contributed by atoms with van der Waals surface area (Å²) < 4.78 is 0. The van der Waals surface area contributed by atoms with Crippen LogP contribution in [0.1, 0.15) is 59.1 Å². The fourth-order valence-electron chi connectivity index (χ4n) is 2.68. The number of amides is 1. The summed E-state index contributed by atoms with van der Waals surface area (Å²) in [6.07, 6.45) is 5.57. The fraction of sp³-hybridized carbons (Fsp3) is 0.667. The number of rotatable bonds is 3. The molecule has 0 aliphatic heterocycles. The van der Waals surface area contributed by atoms with Crippen LogP contribution in [0.3, 0.4) is 0 Å². The van der Waals surface area contributed by atoms with Crippen LogP contribution in [0.25, 0.3) is 0 Å². The average molecular weight is 281 g/mol. The number of thiophene rings is 1. The van der Waals surface area contributed by atoms with Crippen molar-refractivity contribution in [2.24, 2.45) is 0 Å². The zero-order chi connectivity index (χ0) is 13.8. The van der Waals surface area contributed by atoms with Crippen molar-refractivity contribution >= 4 is 17.2 Å². The average Bonchev–Trinajstić information content (AvgIpc) is 2.66. The molecule has 1 amide bonds. The lowest BCUT2D eigenvalue weighted by atomic mass is 10.1. The first kappa shape index (κ1) is 14.5. The minimum Gasteiger partial charge on any atom is -0.391 e. The lowest BCUT2D eigenvalue weighted by Crippen LogP contribution is -2.42. The van der Waals surface area contributed by atoms with Crippen LogP contribution in [0.5, 0.6) is 0 Å². The van der Waals surface area contributed by atoms with E-state index >= 15 is 0 Å². The molecule has 1 fully saturated rings. The maximum absolute atomic E-state index is 12.2. The Morgan fingerprint density at radius 2 is 2.16 bits per heavy atom. The monoisotopic (exact) mass is 281 g/mol. The van der Waals surface area contributed by atoms with Gasteiger partial charge in [0.25, 0.3) is 5.91 Å². The molecule has 0 aromatic carbocycles. The molecule has 2 unspecified atom stereocenters. The third kappa shape index (κ3) is 3.57. The summed E-state index contributed by atoms with van der Waals surface area (Å²) in [7, 11) is 0. The number of carbonyl (C=O) groups is 1. The summed E-state index contributed by atoms with van der Waals surface area (Å²) in [4.78, 5) is 14.3. The minimum absolute atomic E-state index is 0.0289. The van der Waals surface area contributed by atoms with Crippen LogP contribution < -0.4 is 5.32 Å². The van der Waals surface area contributed by atoms with E-state index in [-0.39, 0.29) is 11.9 Å². The van der Waals surface area contributed by atoms with Crippen molar-refractivity contribution in [2.45, 2.75) is 64.5 Å². The van der Waals surface area contributed by atoms with Gasteiger partial charge in [0.05, 0.1) is 17.0 Å². The Morgan fingerprint density at radius 3 is 2.84 bits per heavy atom. The molecule has 2 rings (SSSR count). The van der Waals surface area contributed by atoms with Crippen molar-refractivity contribution in [1.82, 2.24) is 5.32 Å². The molecule has 0 bridgehead atoms. The number of nitrogens with one attached hydrogen (secondary N) is 1. The van der Waals surface area contributed by atoms with E-state index in [2.05, 4.69) is 12.2 Å². The van der Waals surface area contributed by atoms with Crippen LogP contribution in [0, 0.1) is 6.92 Å². The number of hydrogen-bond donors (Lipinski definition) is 2. The molecule has 1 aliphatic carbocycles. The molecule has 2 atom stereocenters. The molecule has 2 N–H and O–H groups in total. The van der Waals surface area contributed by atoms with Crippen LogP contribution in [0.2, 0.25) is 0 Å². The van der Waals surface area contributed by atoms with Gasteiger partial charge in [0.15, 0.2) is 0 Å². The topological polar surface area (TPSA) is 49.3 Å². The van der Waals surface area contributed by atoms with Crippen molar-refractivity contribution in [3.05, 3.63) is 21.4 Å². The van der Waals surface area contributed by atoms with E-state index in [0.29, 0.717) is 0 Å². The van der Waals surface area contributed by atoms with Gasteiger partial charge in [-0.25, -0.2) is 0 Å². The fourth-order valence-corrected chi connectivity index (χ4v) is 3.70. The van der Waals surface area contributed by atoms with Gasteiger partial charge in [0.2, 0.25) is 0 Å². The number of carbonyl (C=O) groups excluding carboxylic acids is 1. The highest BCUT2D eigenvalue weighted by molar-refractivity contribution is 7.14. The van der Waals surface area contributed by atoms with E-state index in [1.807, 2.05) is 13.0 Å². The van der Waals surface area contributed by atoms with Crippen LogP contribution in [-0.4, -0.2) is 23.2 Å². The molecule has 19 heavy (non-hydrogen) atoms. The second-order valence-electron chi connectivity index (χ2n) is 5.36. The van der Waals surface area contributed by atoms with Crippen molar-refractivity contribution in [3.8, 4) is 0 Å². The smallest absolute Gasteiger partial charge is 0.261 e. The van der Waals surface area contributed by atoms with E-state index in [9.17, 15) is 9.90 Å². The maximum Gasteiger partial charge on any atom is 0.261 e. The highest BCUT2D eigenvalue weighted by Crippen LogP contribution is 2.23. The highest BCUT2D eigenvalue weighted by Gasteiger charge is 2.24. The van der Waals surface area contributed by atoms with E-state index in [1.165, 1.54) is 10.4 Å². The summed E-state index contributed by atoms with van der Waals surface area (Å²) in [5, 5.41) is 13.1. The normalized spacial score (nSPS) is 23.9. The second-order valence-corrected chi connectivity index (χ2v) is 6.49. The van der Waals surface area contributed by atoms with Crippen molar-refractivity contribution in [2.75, 3.05) is 0 Å². The number of hydrogen-bond acceptors (Lipinski definition) is 3. The van der Waals surface area contributed by atoms with E-state index < -0.39 is 6.10 Å². The van der Waals surface area contributed by atoms with Gasteiger partial charge in [-0.1, -0.05) is 26.2 Å². The van der Waals surface area contributed by atoms with Crippen LogP contribution >= 0.6 is 11.3 Å². The lowest BCUT2D eigenvalue weighted by Gasteiger charge is -2.21. The standard InChI is InChI=1S/C15H23NO2S/c1-3-13-10(2)9-14(19-13)15(18)16-11-7-5-4-6-8-12(11)17/h9,11-12,17H,3-8H2,1-2H3,(H,16,18). The van der Waals surface area contributed by atoms with Gasteiger partial charge in [-0.05, 0) is 37.8 Å². The maximum atomic E-state index is 12.2. The zero-order valence-corrected chi connectivity index (χ0v) is 12.6. The number of aliphatic hydroxyl groups is 1. The van der Waals surface area contributed by atoms with Gasteiger partial charge >= 0.3 is 0 Å². The Morgan fingerprint density at radius 1 is 1.42 bits per heavy atom. The lowest BCUT2D eigenvalue weighted by molar-refractivity contribution is 0.0822. The molecule has 1 saturated carbocycles. The zero-order valence-electron chi connectivity index (χ0n) is 11.7. The van der Waals surface area contributed by atoms with Gasteiger partial charge < -0.3 is 10.4 Å². The van der Waals surface area contributed by atoms with Crippen molar-refractivity contribution < 1.29 is 9.90 Å². The van der Waals surface area contributed by atoms with E-state index in [1.54, 1.807) is 11.3 Å². The first-order valence-corrected chi connectivity index (χ1v) is 8.01. The third-order valence-electron chi connectivity index (χ3n) is 3.86. The predicted octanol–water partition coefficient (Wildman–Crippen LogP) is 3.04. The third-order valence-corrected chi connectivity index (χ3v) is 5.24. The van der Waals surface area contributed by atoms with Crippen molar-refractivity contribution in [1.29, 1.82) is 0 Å². The molecule has 0 saturated heterocycles. The summed E-state index contributed by atoms with van der Waals surface area (Å²) in [5.41, 5.74) is 1.19. The number of aliphatic hydroxyl groups excluding tert-OH is 1. The summed E-state index contributed by atoms with van der Waals surface area (Å²) in [5.74, 6) is -0.0289. The molecule has 0 radical (unpaired) electrons. The van der Waals surface area contributed by atoms with Gasteiger partial charge in [0.1, 0.15) is 0 Å². The first-order chi connectivity index (χ1) is 9.11. The molecule has 4 heteroatoms. The number of aryl methyl sites for hydroxylation is 2.